The SMILES string of the molecule is CC(C)c1cc(N2CCOC(C)(CNC(=O)CC3CS(=O)(=O)C3)C2)ncn1. The Balaban J connectivity index is 1.54. The quantitative estimate of drug-likeness (QED) is 0.757. The van der Waals surface area contributed by atoms with Crippen LogP contribution in [0.5, 0.6) is 0 Å². The molecule has 1 N–H and O–H groups in total. The van der Waals surface area contributed by atoms with Crippen LogP contribution < -0.4 is 10.2 Å². The molecule has 27 heavy (non-hydrogen) atoms. The number of ether oxygens (including phenoxy) is 1. The van der Waals surface area contributed by atoms with Crippen LogP contribution in [0.15, 0.2) is 12.4 Å². The van der Waals surface area contributed by atoms with Crippen molar-refractivity contribution in [3.8, 4) is 0 Å². The Kier molecular flexibility index (Phi) is 5.71. The van der Waals surface area contributed by atoms with Crippen molar-refractivity contribution < 1.29 is 17.9 Å². The predicted molar refractivity (Wildman–Crippen MR) is 102 cm³/mol. The van der Waals surface area contributed by atoms with Gasteiger partial charge in [0.15, 0.2) is 9.84 Å². The molecule has 1 aromatic heterocycles. The zero-order valence-electron chi connectivity index (χ0n) is 16.1. The minimum absolute atomic E-state index is 0.0537. The molecule has 3 rings (SSSR count). The second-order valence-corrected chi connectivity index (χ2v) is 10.3. The summed E-state index contributed by atoms with van der Waals surface area (Å²) in [5, 5.41) is 2.90. The molecule has 150 valence electrons. The van der Waals surface area contributed by atoms with E-state index in [1.165, 1.54) is 0 Å². The number of amides is 1. The number of hydrogen-bond acceptors (Lipinski definition) is 7. The van der Waals surface area contributed by atoms with Crippen molar-refractivity contribution in [1.29, 1.82) is 0 Å². The van der Waals surface area contributed by atoms with Gasteiger partial charge in [-0.3, -0.25) is 4.79 Å². The highest BCUT2D eigenvalue weighted by molar-refractivity contribution is 7.92. The molecule has 2 aliphatic rings. The highest BCUT2D eigenvalue weighted by Crippen LogP contribution is 2.24. The number of anilines is 1. The van der Waals surface area contributed by atoms with Crippen LogP contribution in [0.3, 0.4) is 0 Å². The number of morpholine rings is 1. The van der Waals surface area contributed by atoms with Gasteiger partial charge in [-0.05, 0) is 18.8 Å². The third-order valence-corrected chi connectivity index (χ3v) is 7.00. The van der Waals surface area contributed by atoms with Crippen LogP contribution in [0, 0.1) is 5.92 Å². The first-order chi connectivity index (χ1) is 12.7. The lowest BCUT2D eigenvalue weighted by molar-refractivity contribution is -0.124. The second kappa shape index (κ2) is 7.71. The average molecular weight is 397 g/mol. The topological polar surface area (TPSA) is 101 Å². The summed E-state index contributed by atoms with van der Waals surface area (Å²) in [5.41, 5.74) is 0.472. The number of nitrogens with one attached hydrogen (secondary N) is 1. The van der Waals surface area contributed by atoms with E-state index in [0.29, 0.717) is 25.6 Å². The molecule has 9 heteroatoms. The molecule has 0 spiro atoms. The van der Waals surface area contributed by atoms with Crippen molar-refractivity contribution in [2.75, 3.05) is 42.6 Å². The number of hydrogen-bond donors (Lipinski definition) is 1. The molecule has 2 fully saturated rings. The number of sulfone groups is 1. The lowest BCUT2D eigenvalue weighted by Crippen LogP contribution is -2.56. The van der Waals surface area contributed by atoms with Gasteiger partial charge in [-0.2, -0.15) is 0 Å². The molecule has 3 heterocycles. The van der Waals surface area contributed by atoms with Gasteiger partial charge in [-0.25, -0.2) is 18.4 Å². The largest absolute Gasteiger partial charge is 0.370 e. The fourth-order valence-electron chi connectivity index (χ4n) is 3.49. The van der Waals surface area contributed by atoms with Crippen LogP contribution in [0.1, 0.15) is 38.8 Å². The zero-order valence-corrected chi connectivity index (χ0v) is 17.0. The Bertz CT molecular complexity index is 786. The van der Waals surface area contributed by atoms with E-state index in [4.69, 9.17) is 4.74 Å². The fourth-order valence-corrected chi connectivity index (χ4v) is 5.07. The van der Waals surface area contributed by atoms with Gasteiger partial charge in [-0.1, -0.05) is 13.8 Å². The van der Waals surface area contributed by atoms with Crippen LogP contribution in [0.2, 0.25) is 0 Å². The molecule has 1 amide bonds. The van der Waals surface area contributed by atoms with Crippen LogP contribution in [-0.2, 0) is 19.4 Å². The van der Waals surface area contributed by atoms with Crippen LogP contribution >= 0.6 is 0 Å². The average Bonchev–Trinajstić information content (AvgIpc) is 2.59. The van der Waals surface area contributed by atoms with Crippen molar-refractivity contribution >= 4 is 21.6 Å². The van der Waals surface area contributed by atoms with Crippen LogP contribution in [0.25, 0.3) is 0 Å². The zero-order chi connectivity index (χ0) is 19.7. The predicted octanol–water partition coefficient (Wildman–Crippen LogP) is 0.746. The molecule has 1 atom stereocenters. The number of aromatic nitrogens is 2. The van der Waals surface area contributed by atoms with E-state index in [0.717, 1.165) is 18.1 Å². The lowest BCUT2D eigenvalue weighted by Gasteiger charge is -2.41. The summed E-state index contributed by atoms with van der Waals surface area (Å²) < 4.78 is 28.3. The van der Waals surface area contributed by atoms with Gasteiger partial charge < -0.3 is 15.0 Å². The van der Waals surface area contributed by atoms with E-state index in [9.17, 15) is 13.2 Å². The molecule has 0 bridgehead atoms. The summed E-state index contributed by atoms with van der Waals surface area (Å²) in [6.45, 7) is 8.43. The van der Waals surface area contributed by atoms with Crippen LogP contribution in [-0.4, -0.2) is 67.6 Å². The smallest absolute Gasteiger partial charge is 0.220 e. The van der Waals surface area contributed by atoms with Crippen molar-refractivity contribution in [3.05, 3.63) is 18.1 Å². The molecule has 1 aromatic rings. The van der Waals surface area contributed by atoms with Crippen molar-refractivity contribution in [1.82, 2.24) is 15.3 Å². The van der Waals surface area contributed by atoms with Crippen molar-refractivity contribution in [2.24, 2.45) is 5.92 Å². The van der Waals surface area contributed by atoms with E-state index in [2.05, 4.69) is 34.0 Å². The van der Waals surface area contributed by atoms with E-state index in [1.807, 2.05) is 13.0 Å². The van der Waals surface area contributed by atoms with E-state index < -0.39 is 15.4 Å². The molecule has 0 radical (unpaired) electrons. The summed E-state index contributed by atoms with van der Waals surface area (Å²) in [4.78, 5) is 23.0. The van der Waals surface area contributed by atoms with Gasteiger partial charge in [0.25, 0.3) is 0 Å². The van der Waals surface area contributed by atoms with Gasteiger partial charge in [0.05, 0.1) is 18.1 Å². The summed E-state index contributed by atoms with van der Waals surface area (Å²) in [7, 11) is -2.89. The van der Waals surface area contributed by atoms with Crippen molar-refractivity contribution in [3.63, 3.8) is 0 Å². The highest BCUT2D eigenvalue weighted by atomic mass is 32.2. The minimum Gasteiger partial charge on any atom is -0.370 e. The second-order valence-electron chi connectivity index (χ2n) is 8.10. The summed E-state index contributed by atoms with van der Waals surface area (Å²) >= 11 is 0. The fraction of sp³-hybridized carbons (Fsp3) is 0.722. The normalized spacial score (nSPS) is 25.3. The first kappa shape index (κ1) is 20.0. The van der Waals surface area contributed by atoms with Gasteiger partial charge in [0.1, 0.15) is 17.7 Å². The summed E-state index contributed by atoms with van der Waals surface area (Å²) in [5.74, 6) is 1.26. The molecule has 2 saturated heterocycles. The lowest BCUT2D eigenvalue weighted by atomic mass is 10.0. The number of carbonyl (C=O) groups is 1. The highest BCUT2D eigenvalue weighted by Gasteiger charge is 2.36. The van der Waals surface area contributed by atoms with Crippen molar-refractivity contribution in [2.45, 2.75) is 38.7 Å². The molecule has 1 unspecified atom stereocenters. The molecule has 8 nitrogen and oxygen atoms in total. The van der Waals surface area contributed by atoms with Gasteiger partial charge in [0, 0.05) is 37.8 Å². The third-order valence-electron chi connectivity index (χ3n) is 5.04. The first-order valence-corrected chi connectivity index (χ1v) is 11.2. The van der Waals surface area contributed by atoms with Gasteiger partial charge in [0.2, 0.25) is 5.91 Å². The van der Waals surface area contributed by atoms with E-state index in [1.54, 1.807) is 6.33 Å². The molecular formula is C18H28N4O4S. The third kappa shape index (κ3) is 5.16. The van der Waals surface area contributed by atoms with E-state index >= 15 is 0 Å². The molecule has 0 aromatic carbocycles. The Labute approximate surface area is 160 Å². The Morgan fingerprint density at radius 1 is 1.41 bits per heavy atom. The van der Waals surface area contributed by atoms with Gasteiger partial charge >= 0.3 is 0 Å². The Morgan fingerprint density at radius 2 is 2.15 bits per heavy atom. The maximum absolute atomic E-state index is 12.1. The maximum Gasteiger partial charge on any atom is 0.220 e. The molecule has 0 aliphatic carbocycles. The van der Waals surface area contributed by atoms with E-state index in [-0.39, 0.29) is 29.8 Å². The first-order valence-electron chi connectivity index (χ1n) is 9.34. The Hall–Kier alpha value is -1.74. The minimum atomic E-state index is -2.89. The molecule has 2 aliphatic heterocycles. The maximum atomic E-state index is 12.1. The standard InChI is InChI=1S/C18H28N4O4S/c1-13(2)15-7-16(21-12-20-15)22-4-5-26-18(3,11-22)10-19-17(23)6-14-8-27(24,25)9-14/h7,12-14H,4-6,8-11H2,1-3H3,(H,19,23). The Morgan fingerprint density at radius 3 is 2.81 bits per heavy atom. The monoisotopic (exact) mass is 396 g/mol. The van der Waals surface area contributed by atoms with Gasteiger partial charge in [-0.15, -0.1) is 0 Å². The summed E-state index contributed by atoms with van der Waals surface area (Å²) in [6.07, 6.45) is 1.84. The van der Waals surface area contributed by atoms with Crippen LogP contribution in [0.4, 0.5) is 5.82 Å². The number of nitrogens with zero attached hydrogens (tertiary/aromatic N) is 3. The molecule has 0 saturated carbocycles. The number of rotatable bonds is 6. The molecular weight excluding hydrogens is 368 g/mol. The number of carbonyl (C=O) groups excluding carboxylic acids is 1. The summed E-state index contributed by atoms with van der Waals surface area (Å²) in [6, 6.07) is 2.01.